The predicted octanol–water partition coefficient (Wildman–Crippen LogP) is 2.35. The van der Waals surface area contributed by atoms with Gasteiger partial charge in [-0.25, -0.2) is 0 Å². The Morgan fingerprint density at radius 2 is 1.11 bits per heavy atom. The number of carbonyl (C=O) groups is 1. The van der Waals surface area contributed by atoms with E-state index < -0.39 is 75.7 Å². The van der Waals surface area contributed by atoms with Gasteiger partial charge >= 0.3 is 77.4 Å². The molecular weight excluding hydrogens is 681 g/mol. The van der Waals surface area contributed by atoms with Gasteiger partial charge in [-0.05, 0) is 33.4 Å². The lowest BCUT2D eigenvalue weighted by molar-refractivity contribution is -0.145. The molecule has 4 aliphatic rings. The predicted molar refractivity (Wildman–Crippen MR) is 142 cm³/mol. The van der Waals surface area contributed by atoms with Gasteiger partial charge in [0.05, 0.1) is 6.61 Å². The molecule has 4 saturated heterocycles. The van der Waals surface area contributed by atoms with E-state index in [1.54, 1.807) is 46.6 Å². The van der Waals surface area contributed by atoms with Gasteiger partial charge in [-0.2, -0.15) is 0 Å². The highest BCUT2D eigenvalue weighted by molar-refractivity contribution is 9.10. The molecule has 0 N–H and O–H groups in total. The van der Waals surface area contributed by atoms with Gasteiger partial charge in [0.2, 0.25) is 0 Å². The molecule has 0 spiro atoms. The summed E-state index contributed by atoms with van der Waals surface area (Å²) in [6, 6.07) is 0.302. The molecule has 22 heteroatoms. The van der Waals surface area contributed by atoms with E-state index in [-0.39, 0.29) is 12.6 Å². The second kappa shape index (κ2) is 9.96. The van der Waals surface area contributed by atoms with E-state index in [2.05, 4.69) is 15.9 Å². The van der Waals surface area contributed by atoms with Crippen LogP contribution in [-0.2, 0) is 54.8 Å². The molecule has 0 aromatic heterocycles. The van der Waals surface area contributed by atoms with Crippen molar-refractivity contribution in [2.24, 2.45) is 0 Å². The average molecular weight is 714 g/mol. The Morgan fingerprint density at radius 1 is 0.722 bits per heavy atom. The van der Waals surface area contributed by atoms with Crippen LogP contribution in [0.5, 0.6) is 0 Å². The topological polar surface area (TPSA) is 128 Å². The highest BCUT2D eigenvalue weighted by atomic mass is 79.9. The Balaban J connectivity index is 1.71. The smallest absolute Gasteiger partial charge is 0.465 e. The van der Waals surface area contributed by atoms with E-state index >= 15 is 0 Å². The Bertz CT molecular complexity index is 882. The second-order valence-electron chi connectivity index (χ2n) is 9.81. The van der Waals surface area contributed by atoms with E-state index in [0.717, 1.165) is 0 Å². The lowest BCUT2D eigenvalue weighted by Gasteiger charge is -2.55. The summed E-state index contributed by atoms with van der Waals surface area (Å²) in [5.74, 6) is -0.371. The van der Waals surface area contributed by atoms with Crippen molar-refractivity contribution >= 4 is 93.3 Å². The fourth-order valence-electron chi connectivity index (χ4n) is 4.45. The van der Waals surface area contributed by atoms with Crippen LogP contribution in [0.4, 0.5) is 0 Å². The van der Waals surface area contributed by atoms with Gasteiger partial charge in [0.15, 0.2) is 0 Å². The van der Waals surface area contributed by atoms with Gasteiger partial charge in [-0.15, -0.1) is 0 Å². The number of carbonyl (C=O) groups excluding carboxylic acids is 1. The lowest BCUT2D eigenvalue weighted by Crippen LogP contribution is -2.80. The molecule has 0 aromatic rings. The first-order chi connectivity index (χ1) is 16.3. The van der Waals surface area contributed by atoms with Crippen LogP contribution in [0.15, 0.2) is 0 Å². The standard InChI is InChI=1S/C14H33BrO13Si8/c1-14(2,15)13(16)17-11-10-12-36-21-30(4)20-32(6)22-31(5)18-29(3)19-33(7,27-36)25-34(8,23-31)26-35(9,24-32)28-36/h10-12H2,1-9H3. The Morgan fingerprint density at radius 3 is 1.64 bits per heavy atom. The summed E-state index contributed by atoms with van der Waals surface area (Å²) in [4.78, 5) is 12.2. The molecule has 206 valence electrons. The van der Waals surface area contributed by atoms with E-state index in [9.17, 15) is 4.79 Å². The summed E-state index contributed by atoms with van der Waals surface area (Å²) in [7, 11) is -24.8. The quantitative estimate of drug-likeness (QED) is 0.179. The van der Waals surface area contributed by atoms with Gasteiger partial charge < -0.3 is 50.0 Å². The normalized spacial score (nSPS) is 46.3. The number of halogens is 1. The Labute approximate surface area is 230 Å². The lowest BCUT2D eigenvalue weighted by atomic mass is 10.2. The van der Waals surface area contributed by atoms with Crippen molar-refractivity contribution in [3.05, 3.63) is 0 Å². The van der Waals surface area contributed by atoms with E-state index in [4.69, 9.17) is 50.0 Å². The molecule has 13 nitrogen and oxygen atoms in total. The number of fused-ring (bicyclic) bond motifs is 4. The van der Waals surface area contributed by atoms with Crippen LogP contribution in [-0.4, -0.2) is 88.3 Å². The van der Waals surface area contributed by atoms with E-state index in [1.807, 2.05) is 13.1 Å². The van der Waals surface area contributed by atoms with Crippen molar-refractivity contribution in [3.8, 4) is 0 Å². The van der Waals surface area contributed by atoms with Crippen LogP contribution in [0, 0.1) is 0 Å². The molecular formula is C14H33BrO13Si8. The summed E-state index contributed by atoms with van der Waals surface area (Å²) >= 11 is 3.32. The van der Waals surface area contributed by atoms with Gasteiger partial charge in [0.1, 0.15) is 4.32 Å². The Kier molecular flexibility index (Phi) is 8.36. The summed E-state index contributed by atoms with van der Waals surface area (Å²) in [5.41, 5.74) is 0. The van der Waals surface area contributed by atoms with Gasteiger partial charge in [-0.1, -0.05) is 15.9 Å². The molecule has 6 unspecified atom stereocenters. The molecule has 2 radical (unpaired) electrons. The second-order valence-corrected chi connectivity index (χ2v) is 33.2. The van der Waals surface area contributed by atoms with E-state index in [0.29, 0.717) is 12.5 Å². The third-order valence-electron chi connectivity index (χ3n) is 5.17. The third-order valence-corrected chi connectivity index (χ3v) is 37.0. The van der Waals surface area contributed by atoms with Crippen LogP contribution in [0.3, 0.4) is 0 Å². The number of esters is 1. The van der Waals surface area contributed by atoms with Crippen LogP contribution in [0.25, 0.3) is 0 Å². The summed E-state index contributed by atoms with van der Waals surface area (Å²) in [6.07, 6.45) is 0.410. The third kappa shape index (κ3) is 6.93. The van der Waals surface area contributed by atoms with Crippen LogP contribution in [0.2, 0.25) is 51.9 Å². The van der Waals surface area contributed by atoms with Crippen LogP contribution in [0.1, 0.15) is 20.3 Å². The van der Waals surface area contributed by atoms with E-state index in [1.165, 1.54) is 0 Å². The van der Waals surface area contributed by atoms with Gasteiger partial charge in [-0.3, -0.25) is 4.79 Å². The largest absolute Gasteiger partial charge is 0.477 e. The maximum absolute atomic E-state index is 12.2. The summed E-state index contributed by atoms with van der Waals surface area (Å²) < 4.78 is 76.1. The molecule has 0 amide bonds. The fraction of sp³-hybridized carbons (Fsp3) is 0.929. The zero-order valence-electron chi connectivity index (χ0n) is 21.8. The molecule has 4 aliphatic heterocycles. The number of alkyl halides is 1. The number of hydrogen-bond acceptors (Lipinski definition) is 13. The van der Waals surface area contributed by atoms with Crippen molar-refractivity contribution in [1.82, 2.24) is 0 Å². The maximum Gasteiger partial charge on any atom is 0.477 e. The summed E-state index contributed by atoms with van der Waals surface area (Å²) in [6.45, 7) is 16.0. The number of rotatable bonds is 5. The van der Waals surface area contributed by atoms with Gasteiger partial charge in [0, 0.05) is 38.8 Å². The minimum Gasteiger partial charge on any atom is -0.465 e. The first-order valence-corrected chi connectivity index (χ1v) is 29.0. The average Bonchev–Trinajstić information content (AvgIpc) is 2.57. The maximum atomic E-state index is 12.2. The zero-order valence-corrected chi connectivity index (χ0v) is 31.4. The molecule has 0 aromatic carbocycles. The van der Waals surface area contributed by atoms with Crippen molar-refractivity contribution in [2.45, 2.75) is 76.5 Å². The molecule has 6 atom stereocenters. The first-order valence-electron chi connectivity index (χ1n) is 11.5. The molecule has 36 heavy (non-hydrogen) atoms. The minimum atomic E-state index is -3.62. The monoisotopic (exact) mass is 712 g/mol. The van der Waals surface area contributed by atoms with Crippen LogP contribution >= 0.6 is 15.9 Å². The zero-order chi connectivity index (χ0) is 26.8. The molecule has 4 heterocycles. The molecule has 0 aliphatic carbocycles. The van der Waals surface area contributed by atoms with Crippen molar-refractivity contribution in [1.29, 1.82) is 0 Å². The Hall–Kier alpha value is 1.25. The molecule has 6 bridgehead atoms. The van der Waals surface area contributed by atoms with Crippen molar-refractivity contribution < 1.29 is 54.8 Å². The van der Waals surface area contributed by atoms with Gasteiger partial charge in [0.25, 0.3) is 0 Å². The first kappa shape index (κ1) is 30.2. The highest BCUT2D eigenvalue weighted by Crippen LogP contribution is 2.43. The molecule has 0 saturated carbocycles. The summed E-state index contributed by atoms with van der Waals surface area (Å²) in [5, 5.41) is 0. The van der Waals surface area contributed by atoms with Crippen LogP contribution < -0.4 is 0 Å². The molecule has 4 fully saturated rings. The number of ether oxygens (including phenoxy) is 1. The molecule has 4 rings (SSSR count). The van der Waals surface area contributed by atoms with Crippen molar-refractivity contribution in [2.75, 3.05) is 6.61 Å². The minimum absolute atomic E-state index is 0.145. The van der Waals surface area contributed by atoms with Crippen molar-refractivity contribution in [3.63, 3.8) is 0 Å². The SMILES string of the molecule is C[Si]1O[Si]2(C)O[Si]3(C)O[Si](C)O[Si]4(CCCOC(=O)C(C)(C)Br)O[Si](C)(O1)O[Si](C)(O2)O[Si](C)(O3)O4. The number of hydrogen-bond donors (Lipinski definition) is 0. The highest BCUT2D eigenvalue weighted by Gasteiger charge is 2.72. The fourth-order valence-corrected chi connectivity index (χ4v) is 43.2.